The lowest BCUT2D eigenvalue weighted by Gasteiger charge is -2.16. The highest BCUT2D eigenvalue weighted by atomic mass is 16.5. The van der Waals surface area contributed by atoms with Gasteiger partial charge in [-0.15, -0.1) is 0 Å². The summed E-state index contributed by atoms with van der Waals surface area (Å²) in [5, 5.41) is 0. The van der Waals surface area contributed by atoms with E-state index in [1.807, 2.05) is 12.1 Å². The molecule has 4 heteroatoms. The van der Waals surface area contributed by atoms with Crippen molar-refractivity contribution in [2.45, 2.75) is 84.2 Å². The fraction of sp³-hybridized carbons (Fsp3) is 0.700. The Labute approximate surface area is 146 Å². The van der Waals surface area contributed by atoms with Gasteiger partial charge in [0.1, 0.15) is 11.9 Å². The van der Waals surface area contributed by atoms with Gasteiger partial charge in [-0.25, -0.2) is 9.97 Å². The Kier molecular flexibility index (Phi) is 8.82. The third kappa shape index (κ3) is 6.23. The zero-order valence-corrected chi connectivity index (χ0v) is 15.4. The second-order valence-electron chi connectivity index (χ2n) is 6.62. The maximum Gasteiger partial charge on any atom is 0.177 e. The molecule has 24 heavy (non-hydrogen) atoms. The minimum absolute atomic E-state index is 0.0717. The van der Waals surface area contributed by atoms with Crippen LogP contribution in [0.25, 0.3) is 11.2 Å². The number of imidazole rings is 1. The van der Waals surface area contributed by atoms with Gasteiger partial charge in [0, 0.05) is 12.8 Å². The molecular weight excluding hydrogens is 298 g/mol. The summed E-state index contributed by atoms with van der Waals surface area (Å²) in [7, 11) is 0. The van der Waals surface area contributed by atoms with Gasteiger partial charge in [-0.05, 0) is 25.0 Å². The number of H-pyrrole nitrogens is 1. The molecule has 2 aromatic heterocycles. The fourth-order valence-electron chi connectivity index (χ4n) is 3.00. The Balaban J connectivity index is 1.90. The predicted octanol–water partition coefficient (Wildman–Crippen LogP) is 5.96. The van der Waals surface area contributed by atoms with Crippen LogP contribution in [0.4, 0.5) is 0 Å². The van der Waals surface area contributed by atoms with Crippen molar-refractivity contribution >= 4 is 11.2 Å². The smallest absolute Gasteiger partial charge is 0.177 e. The highest BCUT2D eigenvalue weighted by Crippen LogP contribution is 2.24. The van der Waals surface area contributed by atoms with Crippen molar-refractivity contribution in [3.63, 3.8) is 0 Å². The number of rotatable bonds is 13. The van der Waals surface area contributed by atoms with E-state index >= 15 is 0 Å². The average molecular weight is 332 g/mol. The molecule has 134 valence electrons. The summed E-state index contributed by atoms with van der Waals surface area (Å²) < 4.78 is 6.19. The lowest BCUT2D eigenvalue weighted by Crippen LogP contribution is -2.08. The Morgan fingerprint density at radius 2 is 1.75 bits per heavy atom. The number of nitrogens with one attached hydrogen (secondary N) is 1. The topological polar surface area (TPSA) is 50.8 Å². The molecule has 2 rings (SSSR count). The summed E-state index contributed by atoms with van der Waals surface area (Å²) in [6.45, 7) is 5.31. The Morgan fingerprint density at radius 3 is 2.50 bits per heavy atom. The molecule has 2 aromatic rings. The van der Waals surface area contributed by atoms with Crippen molar-refractivity contribution in [3.05, 3.63) is 24.2 Å². The van der Waals surface area contributed by atoms with Gasteiger partial charge in [0.15, 0.2) is 5.65 Å². The van der Waals surface area contributed by atoms with Crippen LogP contribution in [-0.4, -0.2) is 21.6 Å². The van der Waals surface area contributed by atoms with Crippen LogP contribution in [0.3, 0.4) is 0 Å². The SMILES string of the molecule is CCCCCCCC(OCCCCCC)c1nc2ncccc2[nH]1. The number of fused-ring (bicyclic) bond motifs is 1. The van der Waals surface area contributed by atoms with E-state index in [4.69, 9.17) is 4.74 Å². The lowest BCUT2D eigenvalue weighted by atomic mass is 10.1. The first-order valence-corrected chi connectivity index (χ1v) is 9.77. The lowest BCUT2D eigenvalue weighted by molar-refractivity contribution is 0.0370. The van der Waals surface area contributed by atoms with Crippen molar-refractivity contribution in [1.29, 1.82) is 0 Å². The molecule has 4 nitrogen and oxygen atoms in total. The molecule has 0 saturated carbocycles. The first-order chi connectivity index (χ1) is 11.8. The van der Waals surface area contributed by atoms with Crippen LogP contribution in [0.5, 0.6) is 0 Å². The number of hydrogen-bond acceptors (Lipinski definition) is 3. The molecule has 0 spiro atoms. The van der Waals surface area contributed by atoms with E-state index in [1.54, 1.807) is 6.20 Å². The van der Waals surface area contributed by atoms with Crippen LogP contribution >= 0.6 is 0 Å². The van der Waals surface area contributed by atoms with E-state index in [1.165, 1.54) is 51.4 Å². The normalized spacial score (nSPS) is 12.8. The van der Waals surface area contributed by atoms with Crippen LogP contribution in [0.15, 0.2) is 18.3 Å². The highest BCUT2D eigenvalue weighted by Gasteiger charge is 2.16. The van der Waals surface area contributed by atoms with E-state index in [0.717, 1.165) is 36.4 Å². The van der Waals surface area contributed by atoms with E-state index in [9.17, 15) is 0 Å². The van der Waals surface area contributed by atoms with E-state index in [-0.39, 0.29) is 6.10 Å². The monoisotopic (exact) mass is 331 g/mol. The molecule has 1 N–H and O–H groups in total. The molecule has 0 bridgehead atoms. The molecule has 0 aliphatic rings. The number of hydrogen-bond donors (Lipinski definition) is 1. The van der Waals surface area contributed by atoms with Gasteiger partial charge in [-0.2, -0.15) is 0 Å². The van der Waals surface area contributed by atoms with Gasteiger partial charge in [0.25, 0.3) is 0 Å². The number of pyridine rings is 1. The molecule has 2 heterocycles. The second kappa shape index (κ2) is 11.2. The largest absolute Gasteiger partial charge is 0.370 e. The summed E-state index contributed by atoms with van der Waals surface area (Å²) in [4.78, 5) is 12.4. The second-order valence-corrected chi connectivity index (χ2v) is 6.62. The van der Waals surface area contributed by atoms with Crippen LogP contribution < -0.4 is 0 Å². The van der Waals surface area contributed by atoms with Crippen LogP contribution in [0.2, 0.25) is 0 Å². The Morgan fingerprint density at radius 1 is 1.00 bits per heavy atom. The minimum Gasteiger partial charge on any atom is -0.370 e. The first kappa shape index (κ1) is 18.9. The summed E-state index contributed by atoms with van der Waals surface area (Å²) in [5.41, 5.74) is 1.79. The molecule has 0 aliphatic heterocycles. The average Bonchev–Trinajstić information content (AvgIpc) is 3.03. The standard InChI is InChI=1S/C20H33N3O/c1-3-5-7-9-10-14-18(24-16-11-8-6-4-2)20-22-17-13-12-15-21-19(17)23-20/h12-13,15,18H,3-11,14,16H2,1-2H3,(H,21,22,23). The number of aromatic amines is 1. The maximum atomic E-state index is 6.19. The summed E-state index contributed by atoms with van der Waals surface area (Å²) in [6, 6.07) is 3.97. The molecule has 0 aromatic carbocycles. The van der Waals surface area contributed by atoms with Gasteiger partial charge in [-0.1, -0.05) is 65.2 Å². The molecule has 1 unspecified atom stereocenters. The molecule has 0 fully saturated rings. The molecule has 1 atom stereocenters. The van der Waals surface area contributed by atoms with Gasteiger partial charge in [0.2, 0.25) is 0 Å². The fourth-order valence-corrected chi connectivity index (χ4v) is 3.00. The van der Waals surface area contributed by atoms with E-state index in [2.05, 4.69) is 28.8 Å². The molecule has 0 amide bonds. The molecule has 0 aliphatic carbocycles. The zero-order chi connectivity index (χ0) is 17.0. The van der Waals surface area contributed by atoms with Gasteiger partial charge < -0.3 is 9.72 Å². The van der Waals surface area contributed by atoms with Gasteiger partial charge in [-0.3, -0.25) is 0 Å². The van der Waals surface area contributed by atoms with Crippen molar-refractivity contribution in [1.82, 2.24) is 15.0 Å². The number of ether oxygens (including phenoxy) is 1. The van der Waals surface area contributed by atoms with Crippen molar-refractivity contribution in [2.75, 3.05) is 6.61 Å². The van der Waals surface area contributed by atoms with Crippen molar-refractivity contribution < 1.29 is 4.74 Å². The quantitative estimate of drug-likeness (QED) is 0.461. The van der Waals surface area contributed by atoms with E-state index in [0.29, 0.717) is 0 Å². The molecule has 0 radical (unpaired) electrons. The van der Waals surface area contributed by atoms with E-state index < -0.39 is 0 Å². The third-order valence-electron chi connectivity index (χ3n) is 4.47. The van der Waals surface area contributed by atoms with Gasteiger partial charge >= 0.3 is 0 Å². The maximum absolute atomic E-state index is 6.19. The van der Waals surface area contributed by atoms with Crippen molar-refractivity contribution in [3.8, 4) is 0 Å². The van der Waals surface area contributed by atoms with Crippen LogP contribution in [0.1, 0.15) is 90.0 Å². The number of unbranched alkanes of at least 4 members (excludes halogenated alkanes) is 7. The highest BCUT2D eigenvalue weighted by molar-refractivity contribution is 5.69. The predicted molar refractivity (Wildman–Crippen MR) is 100 cm³/mol. The number of nitrogens with zero attached hydrogens (tertiary/aromatic N) is 2. The molecular formula is C20H33N3O. The summed E-state index contributed by atoms with van der Waals surface area (Å²) in [5.74, 6) is 0.940. The first-order valence-electron chi connectivity index (χ1n) is 9.77. The minimum atomic E-state index is 0.0717. The molecule has 0 saturated heterocycles. The van der Waals surface area contributed by atoms with Gasteiger partial charge in [0.05, 0.1) is 5.52 Å². The number of aromatic nitrogens is 3. The van der Waals surface area contributed by atoms with Crippen LogP contribution in [-0.2, 0) is 4.74 Å². The Bertz CT molecular complexity index is 520. The Hall–Kier alpha value is -1.42. The van der Waals surface area contributed by atoms with Crippen LogP contribution in [0, 0.1) is 0 Å². The zero-order valence-electron chi connectivity index (χ0n) is 15.4. The summed E-state index contributed by atoms with van der Waals surface area (Å²) >= 11 is 0. The third-order valence-corrected chi connectivity index (χ3v) is 4.47. The summed E-state index contributed by atoms with van der Waals surface area (Å²) in [6.07, 6.45) is 14.3. The van der Waals surface area contributed by atoms with Crippen molar-refractivity contribution in [2.24, 2.45) is 0 Å².